The van der Waals surface area contributed by atoms with Gasteiger partial charge < -0.3 is 15.0 Å². The monoisotopic (exact) mass is 416 g/mol. The van der Waals surface area contributed by atoms with E-state index in [1.807, 2.05) is 32.0 Å². The molecule has 1 fully saturated rings. The third-order valence-corrected chi connectivity index (χ3v) is 5.17. The predicted molar refractivity (Wildman–Crippen MR) is 107 cm³/mol. The summed E-state index contributed by atoms with van der Waals surface area (Å²) in [6.07, 6.45) is -1.27. The number of nitrogens with one attached hydrogen (secondary N) is 1. The molecule has 1 saturated heterocycles. The van der Waals surface area contributed by atoms with E-state index in [1.165, 1.54) is 6.92 Å². The van der Waals surface area contributed by atoms with Crippen LogP contribution >= 0.6 is 0 Å². The van der Waals surface area contributed by atoms with E-state index >= 15 is 0 Å². The highest BCUT2D eigenvalue weighted by molar-refractivity contribution is 6.01. The van der Waals surface area contributed by atoms with Crippen molar-refractivity contribution in [2.24, 2.45) is 5.92 Å². The van der Waals surface area contributed by atoms with Gasteiger partial charge in [0.25, 0.3) is 5.91 Å². The van der Waals surface area contributed by atoms with E-state index in [-0.39, 0.29) is 24.6 Å². The number of halogens is 2. The Morgan fingerprint density at radius 2 is 1.93 bits per heavy atom. The average molecular weight is 416 g/mol. The number of anilines is 2. The number of benzene rings is 2. The molecule has 0 spiro atoms. The Balaban J connectivity index is 1.63. The summed E-state index contributed by atoms with van der Waals surface area (Å²) in [5.74, 6) is -3.95. The van der Waals surface area contributed by atoms with Gasteiger partial charge in [0.05, 0.1) is 11.6 Å². The van der Waals surface area contributed by atoms with Crippen LogP contribution < -0.4 is 10.2 Å². The van der Waals surface area contributed by atoms with Crippen molar-refractivity contribution in [1.29, 1.82) is 0 Å². The zero-order chi connectivity index (χ0) is 22.0. The molecule has 158 valence electrons. The number of ether oxygens (including phenoxy) is 1. The predicted octanol–water partition coefficient (Wildman–Crippen LogP) is 3.50. The van der Waals surface area contributed by atoms with E-state index in [4.69, 9.17) is 4.74 Å². The molecule has 2 aromatic rings. The number of nitrogens with zero attached hydrogens (tertiary/aromatic N) is 1. The maximum atomic E-state index is 13.7. The van der Waals surface area contributed by atoms with Crippen LogP contribution in [0.5, 0.6) is 0 Å². The van der Waals surface area contributed by atoms with E-state index in [9.17, 15) is 23.2 Å². The Hall–Kier alpha value is -3.29. The zero-order valence-electron chi connectivity index (χ0n) is 16.9. The van der Waals surface area contributed by atoms with E-state index in [1.54, 1.807) is 4.90 Å². The molecule has 1 N–H and O–H groups in total. The Morgan fingerprint density at radius 1 is 1.20 bits per heavy atom. The standard InChI is InChI=1S/C22H22F2N2O4/c1-12-5-4-6-19(13(12)2)26-11-15(9-20(26)27)22(29)30-14(3)21(28)25-18-10-16(23)7-8-17(18)24/h4-8,10,14-15H,9,11H2,1-3H3,(H,25,28)/t14-,15-/m0/s1. The summed E-state index contributed by atoms with van der Waals surface area (Å²) in [6.45, 7) is 5.31. The van der Waals surface area contributed by atoms with Crippen LogP contribution in [0.25, 0.3) is 0 Å². The summed E-state index contributed by atoms with van der Waals surface area (Å²) >= 11 is 0. The Bertz CT molecular complexity index is 1010. The summed E-state index contributed by atoms with van der Waals surface area (Å²) < 4.78 is 32.1. The van der Waals surface area contributed by atoms with E-state index in [0.717, 1.165) is 35.0 Å². The maximum Gasteiger partial charge on any atom is 0.312 e. The number of carbonyl (C=O) groups excluding carboxylic acids is 3. The van der Waals surface area contributed by atoms with Crippen LogP contribution in [-0.2, 0) is 19.1 Å². The molecule has 0 unspecified atom stereocenters. The summed E-state index contributed by atoms with van der Waals surface area (Å²) in [5, 5.41) is 2.20. The minimum atomic E-state index is -1.25. The molecule has 0 bridgehead atoms. The second-order valence-corrected chi connectivity index (χ2v) is 7.32. The minimum absolute atomic E-state index is 0.0287. The molecule has 2 atom stereocenters. The lowest BCUT2D eigenvalue weighted by atomic mass is 10.1. The molecule has 0 aromatic heterocycles. The number of hydrogen-bond acceptors (Lipinski definition) is 4. The molecule has 0 aliphatic carbocycles. The first kappa shape index (κ1) is 21.4. The van der Waals surface area contributed by atoms with Crippen molar-refractivity contribution < 1.29 is 27.9 Å². The van der Waals surface area contributed by atoms with Crippen LogP contribution in [0, 0.1) is 31.4 Å². The second kappa shape index (κ2) is 8.61. The lowest BCUT2D eigenvalue weighted by Crippen LogP contribution is -2.33. The third kappa shape index (κ3) is 4.48. The molecule has 3 rings (SSSR count). The van der Waals surface area contributed by atoms with Crippen molar-refractivity contribution in [3.8, 4) is 0 Å². The van der Waals surface area contributed by atoms with Gasteiger partial charge in [0, 0.05) is 24.7 Å². The van der Waals surface area contributed by atoms with E-state index in [2.05, 4.69) is 5.32 Å². The number of amides is 2. The molecule has 2 amide bonds. The molecule has 8 heteroatoms. The number of rotatable bonds is 5. The van der Waals surface area contributed by atoms with Crippen LogP contribution in [-0.4, -0.2) is 30.4 Å². The number of carbonyl (C=O) groups is 3. The molecule has 1 heterocycles. The highest BCUT2D eigenvalue weighted by Gasteiger charge is 2.38. The van der Waals surface area contributed by atoms with Gasteiger partial charge in [-0.25, -0.2) is 8.78 Å². The molecule has 1 aliphatic heterocycles. The summed E-state index contributed by atoms with van der Waals surface area (Å²) in [6, 6.07) is 8.24. The fourth-order valence-corrected chi connectivity index (χ4v) is 3.28. The SMILES string of the molecule is Cc1cccc(N2C[C@@H](C(=O)O[C@@H](C)C(=O)Nc3cc(F)ccc3F)CC2=O)c1C. The van der Waals surface area contributed by atoms with Crippen molar-refractivity contribution in [3.63, 3.8) is 0 Å². The van der Waals surface area contributed by atoms with Crippen molar-refractivity contribution in [3.05, 3.63) is 59.2 Å². The topological polar surface area (TPSA) is 75.7 Å². The van der Waals surface area contributed by atoms with Crippen molar-refractivity contribution >= 4 is 29.2 Å². The molecule has 6 nitrogen and oxygen atoms in total. The molecule has 1 aliphatic rings. The fourth-order valence-electron chi connectivity index (χ4n) is 3.28. The van der Waals surface area contributed by atoms with Gasteiger partial charge in [-0.15, -0.1) is 0 Å². The molecule has 2 aromatic carbocycles. The van der Waals surface area contributed by atoms with Gasteiger partial charge in [-0.05, 0) is 50.1 Å². The van der Waals surface area contributed by atoms with Crippen molar-refractivity contribution in [1.82, 2.24) is 0 Å². The Morgan fingerprint density at radius 3 is 2.67 bits per heavy atom. The van der Waals surface area contributed by atoms with E-state index in [0.29, 0.717) is 0 Å². The first-order chi connectivity index (χ1) is 14.2. The van der Waals surface area contributed by atoms with Crippen LogP contribution in [0.4, 0.5) is 20.2 Å². The highest BCUT2D eigenvalue weighted by atomic mass is 19.1. The minimum Gasteiger partial charge on any atom is -0.452 e. The van der Waals surface area contributed by atoms with Crippen LogP contribution in [0.1, 0.15) is 24.5 Å². The maximum absolute atomic E-state index is 13.7. The van der Waals surface area contributed by atoms with E-state index < -0.39 is 35.5 Å². The normalized spacial score (nSPS) is 17.0. The van der Waals surface area contributed by atoms with Crippen LogP contribution in [0.15, 0.2) is 36.4 Å². The number of hydrogen-bond donors (Lipinski definition) is 1. The smallest absolute Gasteiger partial charge is 0.312 e. The van der Waals surface area contributed by atoms with Crippen LogP contribution in [0.3, 0.4) is 0 Å². The van der Waals surface area contributed by atoms with Crippen molar-refractivity contribution in [2.45, 2.75) is 33.3 Å². The largest absolute Gasteiger partial charge is 0.452 e. The number of aryl methyl sites for hydroxylation is 1. The summed E-state index contributed by atoms with van der Waals surface area (Å²) in [4.78, 5) is 38.7. The molecular formula is C22H22F2N2O4. The lowest BCUT2D eigenvalue weighted by molar-refractivity contribution is -0.157. The third-order valence-electron chi connectivity index (χ3n) is 5.17. The van der Waals surface area contributed by atoms with Gasteiger partial charge >= 0.3 is 5.97 Å². The molecule has 0 radical (unpaired) electrons. The molecular weight excluding hydrogens is 394 g/mol. The Kier molecular flexibility index (Phi) is 6.14. The van der Waals surface area contributed by atoms with Gasteiger partial charge in [0.1, 0.15) is 11.6 Å². The van der Waals surface area contributed by atoms with Gasteiger partial charge in [-0.1, -0.05) is 12.1 Å². The first-order valence-corrected chi connectivity index (χ1v) is 9.50. The van der Waals surface area contributed by atoms with Gasteiger partial charge in [-0.2, -0.15) is 0 Å². The zero-order valence-corrected chi connectivity index (χ0v) is 16.9. The summed E-state index contributed by atoms with van der Waals surface area (Å²) in [5.41, 5.74) is 2.37. The molecule has 30 heavy (non-hydrogen) atoms. The Labute approximate surface area is 172 Å². The quantitative estimate of drug-likeness (QED) is 0.757. The highest BCUT2D eigenvalue weighted by Crippen LogP contribution is 2.30. The fraction of sp³-hybridized carbons (Fsp3) is 0.318. The average Bonchev–Trinajstić information content (AvgIpc) is 3.08. The van der Waals surface area contributed by atoms with Gasteiger partial charge in [-0.3, -0.25) is 14.4 Å². The molecule has 0 saturated carbocycles. The van der Waals surface area contributed by atoms with Crippen LogP contribution in [0.2, 0.25) is 0 Å². The summed E-state index contributed by atoms with van der Waals surface area (Å²) in [7, 11) is 0. The van der Waals surface area contributed by atoms with Gasteiger partial charge in [0.15, 0.2) is 6.10 Å². The second-order valence-electron chi connectivity index (χ2n) is 7.32. The van der Waals surface area contributed by atoms with Crippen molar-refractivity contribution in [2.75, 3.05) is 16.8 Å². The van der Waals surface area contributed by atoms with Gasteiger partial charge in [0.2, 0.25) is 5.91 Å². The first-order valence-electron chi connectivity index (χ1n) is 9.50. The number of esters is 1. The lowest BCUT2D eigenvalue weighted by Gasteiger charge is -2.20.